The van der Waals surface area contributed by atoms with Crippen molar-refractivity contribution in [2.45, 2.75) is 32.6 Å². The lowest BCUT2D eigenvalue weighted by atomic mass is 10.0. The van der Waals surface area contributed by atoms with Crippen LogP contribution in [0.3, 0.4) is 0 Å². The molecule has 0 atom stereocenters. The van der Waals surface area contributed by atoms with Crippen LogP contribution in [0.2, 0.25) is 0 Å². The second-order valence-electron chi connectivity index (χ2n) is 4.39. The Kier molecular flexibility index (Phi) is 4.70. The Bertz CT molecular complexity index is 454. The second-order valence-corrected chi connectivity index (χ2v) is 4.80. The van der Waals surface area contributed by atoms with E-state index in [2.05, 4.69) is 40.1 Å². The number of nitrogens with zero attached hydrogens (tertiary/aromatic N) is 1. The molecule has 0 saturated carbocycles. The number of hydrogen-bond donors (Lipinski definition) is 2. The summed E-state index contributed by atoms with van der Waals surface area (Å²) < 4.78 is 0. The van der Waals surface area contributed by atoms with Gasteiger partial charge in [0.05, 0.1) is 5.71 Å². The molecule has 0 bridgehead atoms. The molecule has 0 spiro atoms. The topological polar surface area (TPSA) is 36.4 Å². The second kappa shape index (κ2) is 6.50. The quantitative estimate of drug-likeness (QED) is 0.488. The number of aryl methyl sites for hydroxylation is 1. The van der Waals surface area contributed by atoms with Crippen LogP contribution < -0.4 is 10.7 Å². The van der Waals surface area contributed by atoms with E-state index in [0.29, 0.717) is 5.11 Å². The van der Waals surface area contributed by atoms with Crippen molar-refractivity contribution in [1.29, 1.82) is 0 Å². The first kappa shape index (κ1) is 13.0. The molecule has 1 aromatic carbocycles. The molecular formula is C14H19N3S. The summed E-state index contributed by atoms with van der Waals surface area (Å²) in [4.78, 5) is 0. The van der Waals surface area contributed by atoms with E-state index in [9.17, 15) is 0 Å². The molecule has 18 heavy (non-hydrogen) atoms. The van der Waals surface area contributed by atoms with E-state index in [0.717, 1.165) is 25.1 Å². The van der Waals surface area contributed by atoms with Gasteiger partial charge >= 0.3 is 0 Å². The van der Waals surface area contributed by atoms with E-state index in [4.69, 9.17) is 12.2 Å². The number of nitrogens with one attached hydrogen (secondary N) is 2. The molecule has 0 amide bonds. The van der Waals surface area contributed by atoms with Crippen molar-refractivity contribution >= 4 is 23.0 Å². The van der Waals surface area contributed by atoms with Gasteiger partial charge in [0, 0.05) is 12.1 Å². The molecule has 1 aromatic rings. The molecule has 0 heterocycles. The number of hydrogen-bond acceptors (Lipinski definition) is 2. The SMILES string of the molecule is CCNC(=S)NN=C1CCCCc2ccccc21. The van der Waals surface area contributed by atoms with E-state index < -0.39 is 0 Å². The molecule has 2 N–H and O–H groups in total. The van der Waals surface area contributed by atoms with Gasteiger partial charge in [0.25, 0.3) is 0 Å². The van der Waals surface area contributed by atoms with Crippen LogP contribution in [-0.2, 0) is 6.42 Å². The van der Waals surface area contributed by atoms with Gasteiger partial charge in [-0.3, -0.25) is 5.43 Å². The summed E-state index contributed by atoms with van der Waals surface area (Å²) in [6.45, 7) is 2.83. The molecule has 3 nitrogen and oxygen atoms in total. The zero-order chi connectivity index (χ0) is 12.8. The molecule has 0 fully saturated rings. The van der Waals surface area contributed by atoms with E-state index in [1.54, 1.807) is 0 Å². The summed E-state index contributed by atoms with van der Waals surface area (Å²) in [5.41, 5.74) is 6.70. The lowest BCUT2D eigenvalue weighted by Gasteiger charge is -2.09. The lowest BCUT2D eigenvalue weighted by molar-refractivity contribution is 0.773. The van der Waals surface area contributed by atoms with Crippen LogP contribution in [0.4, 0.5) is 0 Å². The van der Waals surface area contributed by atoms with Crippen LogP contribution in [-0.4, -0.2) is 17.4 Å². The van der Waals surface area contributed by atoms with Crippen molar-refractivity contribution in [2.24, 2.45) is 5.10 Å². The fraction of sp³-hybridized carbons (Fsp3) is 0.429. The van der Waals surface area contributed by atoms with E-state index in [1.165, 1.54) is 24.0 Å². The highest BCUT2D eigenvalue weighted by atomic mass is 32.1. The maximum atomic E-state index is 5.12. The Morgan fingerprint density at radius 2 is 2.06 bits per heavy atom. The van der Waals surface area contributed by atoms with Crippen LogP contribution in [0.5, 0.6) is 0 Å². The minimum atomic E-state index is 0.590. The van der Waals surface area contributed by atoms with Crippen molar-refractivity contribution in [1.82, 2.24) is 10.7 Å². The van der Waals surface area contributed by atoms with Gasteiger partial charge in [0.2, 0.25) is 0 Å². The van der Waals surface area contributed by atoms with Crippen molar-refractivity contribution in [3.63, 3.8) is 0 Å². The zero-order valence-electron chi connectivity index (χ0n) is 10.7. The van der Waals surface area contributed by atoms with Gasteiger partial charge in [-0.25, -0.2) is 0 Å². The van der Waals surface area contributed by atoms with Gasteiger partial charge in [-0.05, 0) is 50.4 Å². The predicted octanol–water partition coefficient (Wildman–Crippen LogP) is 2.60. The first-order chi connectivity index (χ1) is 8.81. The summed E-state index contributed by atoms with van der Waals surface area (Å²) in [6, 6.07) is 8.51. The average Bonchev–Trinajstić information content (AvgIpc) is 2.59. The van der Waals surface area contributed by atoms with Gasteiger partial charge in [-0.1, -0.05) is 24.3 Å². The summed E-state index contributed by atoms with van der Waals surface area (Å²) >= 11 is 5.12. The first-order valence-electron chi connectivity index (χ1n) is 6.50. The normalized spacial score (nSPS) is 16.8. The Labute approximate surface area is 114 Å². The summed E-state index contributed by atoms with van der Waals surface area (Å²) in [5, 5.41) is 8.09. The molecular weight excluding hydrogens is 242 g/mol. The maximum Gasteiger partial charge on any atom is 0.186 e. The number of thiocarbonyl (C=S) groups is 1. The molecule has 4 heteroatoms. The Balaban J connectivity index is 2.17. The average molecular weight is 261 g/mol. The Hall–Kier alpha value is -1.42. The Morgan fingerprint density at radius 1 is 1.28 bits per heavy atom. The highest BCUT2D eigenvalue weighted by Crippen LogP contribution is 2.20. The molecule has 0 saturated heterocycles. The number of benzene rings is 1. The summed E-state index contributed by atoms with van der Waals surface area (Å²) in [6.07, 6.45) is 4.57. The van der Waals surface area contributed by atoms with Crippen LogP contribution >= 0.6 is 12.2 Å². The van der Waals surface area contributed by atoms with Crippen LogP contribution in [0.1, 0.15) is 37.3 Å². The third-order valence-corrected chi connectivity index (χ3v) is 3.30. The smallest absolute Gasteiger partial charge is 0.186 e. The van der Waals surface area contributed by atoms with Crippen LogP contribution in [0, 0.1) is 0 Å². The highest BCUT2D eigenvalue weighted by Gasteiger charge is 2.13. The van der Waals surface area contributed by atoms with Crippen LogP contribution in [0.25, 0.3) is 0 Å². The van der Waals surface area contributed by atoms with Gasteiger partial charge in [0.1, 0.15) is 0 Å². The third-order valence-electron chi connectivity index (χ3n) is 3.07. The van der Waals surface area contributed by atoms with Gasteiger partial charge in [0.15, 0.2) is 5.11 Å². The van der Waals surface area contributed by atoms with Crippen LogP contribution in [0.15, 0.2) is 29.4 Å². The van der Waals surface area contributed by atoms with Gasteiger partial charge in [-0.15, -0.1) is 0 Å². The van der Waals surface area contributed by atoms with Gasteiger partial charge < -0.3 is 5.32 Å². The molecule has 96 valence electrons. The fourth-order valence-electron chi connectivity index (χ4n) is 2.20. The highest BCUT2D eigenvalue weighted by molar-refractivity contribution is 7.80. The van der Waals surface area contributed by atoms with E-state index in [1.807, 2.05) is 6.92 Å². The summed E-state index contributed by atoms with van der Waals surface area (Å²) in [5.74, 6) is 0. The third kappa shape index (κ3) is 3.29. The minimum Gasteiger partial charge on any atom is -0.362 e. The zero-order valence-corrected chi connectivity index (χ0v) is 11.5. The Morgan fingerprint density at radius 3 is 2.89 bits per heavy atom. The lowest BCUT2D eigenvalue weighted by Crippen LogP contribution is -2.32. The number of fused-ring (bicyclic) bond motifs is 1. The molecule has 1 aliphatic carbocycles. The van der Waals surface area contributed by atoms with Crippen molar-refractivity contribution < 1.29 is 0 Å². The molecule has 0 radical (unpaired) electrons. The standard InChI is InChI=1S/C14H19N3S/c1-2-15-14(18)17-16-13-10-6-4-8-11-7-3-5-9-12(11)13/h3,5,7,9H,2,4,6,8,10H2,1H3,(H2,15,17,18). The monoisotopic (exact) mass is 261 g/mol. The maximum absolute atomic E-state index is 5.12. The number of rotatable bonds is 2. The van der Waals surface area contributed by atoms with Crippen molar-refractivity contribution in [3.05, 3.63) is 35.4 Å². The van der Waals surface area contributed by atoms with Gasteiger partial charge in [-0.2, -0.15) is 5.10 Å². The molecule has 0 aliphatic heterocycles. The fourth-order valence-corrected chi connectivity index (χ4v) is 2.39. The minimum absolute atomic E-state index is 0.590. The first-order valence-corrected chi connectivity index (χ1v) is 6.90. The largest absolute Gasteiger partial charge is 0.362 e. The molecule has 0 unspecified atom stereocenters. The van der Waals surface area contributed by atoms with E-state index in [-0.39, 0.29) is 0 Å². The molecule has 2 rings (SSSR count). The molecule has 1 aliphatic rings. The van der Waals surface area contributed by atoms with Crippen molar-refractivity contribution in [3.8, 4) is 0 Å². The predicted molar refractivity (Wildman–Crippen MR) is 79.9 cm³/mol. The number of hydrazone groups is 1. The van der Waals surface area contributed by atoms with E-state index >= 15 is 0 Å². The molecule has 0 aromatic heterocycles. The summed E-state index contributed by atoms with van der Waals surface area (Å²) in [7, 11) is 0. The van der Waals surface area contributed by atoms with Crippen molar-refractivity contribution in [2.75, 3.05) is 6.54 Å².